The fourth-order valence-corrected chi connectivity index (χ4v) is 1.93. The number of ketones is 1. The van der Waals surface area contributed by atoms with Gasteiger partial charge in [-0.1, -0.05) is 6.92 Å². The molecule has 0 unspecified atom stereocenters. The third-order valence-electron chi connectivity index (χ3n) is 3.00. The molecule has 0 radical (unpaired) electrons. The van der Waals surface area contributed by atoms with Crippen molar-refractivity contribution in [3.63, 3.8) is 0 Å². The normalized spacial score (nSPS) is 10.7. The molecule has 2 heterocycles. The van der Waals surface area contributed by atoms with Crippen molar-refractivity contribution in [1.82, 2.24) is 9.13 Å². The molecule has 0 amide bonds. The summed E-state index contributed by atoms with van der Waals surface area (Å²) in [4.78, 5) is 35.9. The first-order chi connectivity index (χ1) is 8.97. The summed E-state index contributed by atoms with van der Waals surface area (Å²) in [6.45, 7) is 1.86. The number of carbonyl (C=O) groups excluding carboxylic acids is 1. The molecule has 2 rings (SSSR count). The molecule has 0 aliphatic heterocycles. The summed E-state index contributed by atoms with van der Waals surface area (Å²) >= 11 is 0. The van der Waals surface area contributed by atoms with Gasteiger partial charge in [0.15, 0.2) is 0 Å². The van der Waals surface area contributed by atoms with Gasteiger partial charge in [0.25, 0.3) is 5.56 Å². The second-order valence-corrected chi connectivity index (χ2v) is 4.24. The molecule has 6 nitrogen and oxygen atoms in total. The van der Waals surface area contributed by atoms with Crippen LogP contribution in [0.2, 0.25) is 0 Å². The Morgan fingerprint density at radius 3 is 2.58 bits per heavy atom. The number of rotatable bonds is 3. The second-order valence-electron chi connectivity index (χ2n) is 4.24. The Bertz CT molecular complexity index is 749. The van der Waals surface area contributed by atoms with E-state index in [9.17, 15) is 14.4 Å². The van der Waals surface area contributed by atoms with Crippen LogP contribution in [-0.2, 0) is 20.5 Å². The minimum Gasteiger partial charge on any atom is -0.469 e. The molecule has 0 N–H and O–H groups in total. The maximum atomic E-state index is 12.3. The lowest BCUT2D eigenvalue weighted by molar-refractivity contribution is 0.103. The lowest BCUT2D eigenvalue weighted by Crippen LogP contribution is -2.39. The van der Waals surface area contributed by atoms with Gasteiger partial charge in [0.05, 0.1) is 11.8 Å². The van der Waals surface area contributed by atoms with Crippen LogP contribution in [0.1, 0.15) is 28.6 Å². The Morgan fingerprint density at radius 2 is 1.95 bits per heavy atom. The van der Waals surface area contributed by atoms with Crippen LogP contribution >= 0.6 is 0 Å². The van der Waals surface area contributed by atoms with Gasteiger partial charge in [-0.05, 0) is 6.07 Å². The van der Waals surface area contributed by atoms with Crippen molar-refractivity contribution in [2.45, 2.75) is 13.3 Å². The zero-order valence-electron chi connectivity index (χ0n) is 11.0. The summed E-state index contributed by atoms with van der Waals surface area (Å²) < 4.78 is 7.31. The monoisotopic (exact) mass is 262 g/mol. The molecule has 0 aromatic carbocycles. The third-order valence-corrected chi connectivity index (χ3v) is 3.00. The van der Waals surface area contributed by atoms with Crippen LogP contribution in [0.25, 0.3) is 0 Å². The first-order valence-corrected chi connectivity index (χ1v) is 5.85. The van der Waals surface area contributed by atoms with Gasteiger partial charge < -0.3 is 8.98 Å². The van der Waals surface area contributed by atoms with Crippen LogP contribution in [0.15, 0.2) is 32.5 Å². The first kappa shape index (κ1) is 13.1. The van der Waals surface area contributed by atoms with Crippen LogP contribution < -0.4 is 11.2 Å². The quantitative estimate of drug-likeness (QED) is 0.754. The van der Waals surface area contributed by atoms with E-state index < -0.39 is 17.0 Å². The van der Waals surface area contributed by atoms with Crippen LogP contribution in [0.5, 0.6) is 0 Å². The molecule has 0 saturated heterocycles. The van der Waals surface area contributed by atoms with Crippen molar-refractivity contribution in [2.24, 2.45) is 14.1 Å². The molecule has 2 aromatic rings. The van der Waals surface area contributed by atoms with Crippen molar-refractivity contribution >= 4 is 5.78 Å². The fourth-order valence-electron chi connectivity index (χ4n) is 1.93. The summed E-state index contributed by atoms with van der Waals surface area (Å²) in [6.07, 6.45) is 3.23. The van der Waals surface area contributed by atoms with Crippen LogP contribution in [0.4, 0.5) is 0 Å². The Morgan fingerprint density at radius 1 is 1.26 bits per heavy atom. The molecular formula is C13H14N2O4. The molecule has 0 aliphatic rings. The minimum atomic E-state index is -0.601. The molecular weight excluding hydrogens is 248 g/mol. The molecule has 6 heteroatoms. The molecule has 0 spiro atoms. The number of hydrogen-bond acceptors (Lipinski definition) is 4. The number of aromatic nitrogens is 2. The number of carbonyl (C=O) groups is 1. The standard InChI is InChI=1S/C13H14N2O4/c1-4-10-8(5-6-19-10)11(16)9-7-14(2)13(18)15(3)12(9)17/h5-7H,4H2,1-3H3. The van der Waals surface area contributed by atoms with E-state index in [1.54, 1.807) is 0 Å². The van der Waals surface area contributed by atoms with E-state index in [0.29, 0.717) is 17.7 Å². The van der Waals surface area contributed by atoms with Gasteiger partial charge in [-0.15, -0.1) is 0 Å². The first-order valence-electron chi connectivity index (χ1n) is 5.85. The molecule has 0 fully saturated rings. The van der Waals surface area contributed by atoms with Crippen molar-refractivity contribution < 1.29 is 9.21 Å². The van der Waals surface area contributed by atoms with Crippen LogP contribution in [-0.4, -0.2) is 14.9 Å². The topological polar surface area (TPSA) is 74.2 Å². The summed E-state index contributed by atoms with van der Waals surface area (Å²) in [7, 11) is 2.84. The van der Waals surface area contributed by atoms with Crippen LogP contribution in [0.3, 0.4) is 0 Å². The van der Waals surface area contributed by atoms with E-state index in [1.807, 2.05) is 6.92 Å². The molecule has 0 atom stereocenters. The largest absolute Gasteiger partial charge is 0.469 e. The molecule has 2 aromatic heterocycles. The Kier molecular flexibility index (Phi) is 3.25. The van der Waals surface area contributed by atoms with Crippen molar-refractivity contribution in [2.75, 3.05) is 0 Å². The maximum Gasteiger partial charge on any atom is 0.330 e. The van der Waals surface area contributed by atoms with E-state index in [2.05, 4.69) is 0 Å². The average Bonchev–Trinajstić information content (AvgIpc) is 2.88. The molecule has 100 valence electrons. The van der Waals surface area contributed by atoms with Crippen molar-refractivity contribution in [1.29, 1.82) is 0 Å². The van der Waals surface area contributed by atoms with Gasteiger partial charge in [-0.2, -0.15) is 0 Å². The summed E-state index contributed by atoms with van der Waals surface area (Å²) in [5, 5.41) is 0. The average molecular weight is 262 g/mol. The van der Waals surface area contributed by atoms with Gasteiger partial charge >= 0.3 is 5.69 Å². The van der Waals surface area contributed by atoms with E-state index in [4.69, 9.17) is 4.42 Å². The van der Waals surface area contributed by atoms with Crippen molar-refractivity contribution in [3.05, 3.63) is 56.3 Å². The Hall–Kier alpha value is -2.37. The highest BCUT2D eigenvalue weighted by atomic mass is 16.3. The minimum absolute atomic E-state index is 0.0410. The highest BCUT2D eigenvalue weighted by Crippen LogP contribution is 2.14. The Balaban J connectivity index is 2.64. The zero-order valence-corrected chi connectivity index (χ0v) is 11.0. The number of furan rings is 1. The highest BCUT2D eigenvalue weighted by Gasteiger charge is 2.20. The highest BCUT2D eigenvalue weighted by molar-refractivity contribution is 6.09. The van der Waals surface area contributed by atoms with E-state index >= 15 is 0 Å². The summed E-state index contributed by atoms with van der Waals surface area (Å²) in [6, 6.07) is 1.53. The fraction of sp³-hybridized carbons (Fsp3) is 0.308. The SMILES string of the molecule is CCc1occc1C(=O)c1cn(C)c(=O)n(C)c1=O. The molecule has 0 bridgehead atoms. The number of aryl methyl sites for hydroxylation is 2. The van der Waals surface area contributed by atoms with Gasteiger partial charge in [-0.25, -0.2) is 4.79 Å². The number of hydrogen-bond donors (Lipinski definition) is 0. The predicted molar refractivity (Wildman–Crippen MR) is 68.4 cm³/mol. The smallest absolute Gasteiger partial charge is 0.330 e. The second kappa shape index (κ2) is 4.72. The van der Waals surface area contributed by atoms with Gasteiger partial charge in [0, 0.05) is 26.7 Å². The van der Waals surface area contributed by atoms with Gasteiger partial charge in [-0.3, -0.25) is 14.2 Å². The molecule has 0 aliphatic carbocycles. The van der Waals surface area contributed by atoms with Gasteiger partial charge in [0.2, 0.25) is 5.78 Å². The maximum absolute atomic E-state index is 12.3. The van der Waals surface area contributed by atoms with E-state index in [0.717, 1.165) is 4.57 Å². The lowest BCUT2D eigenvalue weighted by atomic mass is 10.1. The van der Waals surface area contributed by atoms with E-state index in [-0.39, 0.29) is 5.56 Å². The van der Waals surface area contributed by atoms with Crippen LogP contribution in [0, 0.1) is 0 Å². The molecule has 19 heavy (non-hydrogen) atoms. The lowest BCUT2D eigenvalue weighted by Gasteiger charge is -2.05. The third kappa shape index (κ3) is 2.05. The van der Waals surface area contributed by atoms with E-state index in [1.165, 1.54) is 37.2 Å². The number of nitrogens with zero attached hydrogens (tertiary/aromatic N) is 2. The Labute approximate surface area is 108 Å². The summed E-state index contributed by atoms with van der Waals surface area (Å²) in [5.41, 5.74) is -0.750. The molecule has 0 saturated carbocycles. The predicted octanol–water partition coefficient (Wildman–Crippen LogP) is 0.470. The summed E-state index contributed by atoms with van der Waals surface area (Å²) in [5.74, 6) is 0.0997. The van der Waals surface area contributed by atoms with Crippen molar-refractivity contribution in [3.8, 4) is 0 Å². The van der Waals surface area contributed by atoms with Gasteiger partial charge in [0.1, 0.15) is 11.3 Å². The zero-order chi connectivity index (χ0) is 14.2.